The smallest absolute Gasteiger partial charge is 0.151 e. The highest BCUT2D eigenvalue weighted by Crippen LogP contribution is 2.45. The minimum Gasteiger partial charge on any atom is -0.229 e. The molecule has 0 atom stereocenters. The van der Waals surface area contributed by atoms with Crippen LogP contribution in [0.25, 0.3) is 11.3 Å². The molecule has 3 aromatic carbocycles. The topological polar surface area (TPSA) is 12.9 Å². The summed E-state index contributed by atoms with van der Waals surface area (Å²) >= 11 is 3.74. The minimum absolute atomic E-state index is 0.259. The first-order chi connectivity index (χ1) is 13.4. The molecule has 0 saturated carbocycles. The summed E-state index contributed by atoms with van der Waals surface area (Å²) in [5.41, 5.74) is 6.58. The number of hydrogen-bond donors (Lipinski definition) is 0. The van der Waals surface area contributed by atoms with Crippen LogP contribution in [-0.2, 0) is 12.8 Å². The van der Waals surface area contributed by atoms with Gasteiger partial charge in [0.15, 0.2) is 4.34 Å². The van der Waals surface area contributed by atoms with E-state index in [4.69, 9.17) is 4.98 Å². The van der Waals surface area contributed by atoms with Crippen LogP contribution in [0.3, 0.4) is 0 Å². The van der Waals surface area contributed by atoms with Crippen molar-refractivity contribution in [3.05, 3.63) is 106 Å². The van der Waals surface area contributed by atoms with Gasteiger partial charge in [0.1, 0.15) is 0 Å². The summed E-state index contributed by atoms with van der Waals surface area (Å²) in [5.74, 6) is 0. The van der Waals surface area contributed by atoms with Crippen molar-refractivity contribution >= 4 is 23.1 Å². The van der Waals surface area contributed by atoms with Crippen molar-refractivity contribution in [3.63, 3.8) is 0 Å². The van der Waals surface area contributed by atoms with Crippen molar-refractivity contribution in [2.45, 2.75) is 22.4 Å². The monoisotopic (exact) mass is 385 g/mol. The van der Waals surface area contributed by atoms with Gasteiger partial charge in [-0.25, -0.2) is 4.98 Å². The Bertz CT molecular complexity index is 1010. The molecule has 27 heavy (non-hydrogen) atoms. The summed E-state index contributed by atoms with van der Waals surface area (Å²) in [6, 6.07) is 30.2. The molecule has 0 N–H and O–H groups in total. The van der Waals surface area contributed by atoms with E-state index in [0.29, 0.717) is 0 Å². The van der Waals surface area contributed by atoms with Crippen LogP contribution in [0.15, 0.2) is 89.3 Å². The average Bonchev–Trinajstić information content (AvgIpc) is 3.17. The molecule has 4 aromatic rings. The van der Waals surface area contributed by atoms with E-state index >= 15 is 0 Å². The summed E-state index contributed by atoms with van der Waals surface area (Å²) < 4.78 is 1.16. The number of thioether (sulfide) groups is 1. The van der Waals surface area contributed by atoms with Crippen LogP contribution < -0.4 is 0 Å². The van der Waals surface area contributed by atoms with Gasteiger partial charge < -0.3 is 0 Å². The van der Waals surface area contributed by atoms with E-state index in [9.17, 15) is 0 Å². The number of nitrogens with zero attached hydrogens (tertiary/aromatic N) is 1. The van der Waals surface area contributed by atoms with Crippen molar-refractivity contribution in [2.24, 2.45) is 0 Å². The van der Waals surface area contributed by atoms with E-state index in [-0.39, 0.29) is 5.25 Å². The van der Waals surface area contributed by atoms with Crippen LogP contribution in [0.4, 0.5) is 0 Å². The van der Waals surface area contributed by atoms with Crippen LogP contribution in [0, 0.1) is 0 Å². The maximum absolute atomic E-state index is 5.06. The molecule has 0 fully saturated rings. The lowest BCUT2D eigenvalue weighted by atomic mass is 9.94. The first-order valence-corrected chi connectivity index (χ1v) is 10.9. The van der Waals surface area contributed by atoms with Gasteiger partial charge in [0.2, 0.25) is 0 Å². The molecule has 132 valence electrons. The van der Waals surface area contributed by atoms with E-state index in [1.54, 1.807) is 0 Å². The quantitative estimate of drug-likeness (QED) is 0.359. The van der Waals surface area contributed by atoms with Crippen LogP contribution in [-0.4, -0.2) is 4.98 Å². The number of aromatic nitrogens is 1. The predicted molar refractivity (Wildman–Crippen MR) is 116 cm³/mol. The third-order valence-electron chi connectivity index (χ3n) is 4.99. The van der Waals surface area contributed by atoms with Gasteiger partial charge in [-0.3, -0.25) is 0 Å². The van der Waals surface area contributed by atoms with Crippen molar-refractivity contribution in [2.75, 3.05) is 0 Å². The van der Waals surface area contributed by atoms with E-state index in [1.165, 1.54) is 32.8 Å². The van der Waals surface area contributed by atoms with Crippen LogP contribution in [0.5, 0.6) is 0 Å². The van der Waals surface area contributed by atoms with Crippen molar-refractivity contribution < 1.29 is 0 Å². The highest BCUT2D eigenvalue weighted by molar-refractivity contribution is 8.01. The van der Waals surface area contributed by atoms with Gasteiger partial charge in [-0.2, -0.15) is 0 Å². The Kier molecular flexibility index (Phi) is 4.56. The molecule has 0 spiro atoms. The van der Waals surface area contributed by atoms with Crippen LogP contribution >= 0.6 is 23.1 Å². The Hall–Kier alpha value is -2.36. The number of fused-ring (bicyclic) bond motifs is 3. The second-order valence-corrected chi connectivity index (χ2v) is 9.16. The number of aryl methyl sites for hydroxylation is 2. The number of hydrogen-bond acceptors (Lipinski definition) is 3. The van der Waals surface area contributed by atoms with Crippen LogP contribution in [0.1, 0.15) is 26.8 Å². The summed E-state index contributed by atoms with van der Waals surface area (Å²) in [6.07, 6.45) is 2.22. The van der Waals surface area contributed by atoms with Gasteiger partial charge >= 0.3 is 0 Å². The van der Waals surface area contributed by atoms with E-state index in [1.807, 2.05) is 23.1 Å². The molecule has 0 aliphatic heterocycles. The molecule has 1 aromatic heterocycles. The zero-order valence-electron chi connectivity index (χ0n) is 14.8. The SMILES string of the molecule is c1ccc(C(Sc2nc3c(s2)CCc2ccccc2-3)c2ccccc2)cc1. The third kappa shape index (κ3) is 3.33. The lowest BCUT2D eigenvalue weighted by Crippen LogP contribution is -2.01. The Morgan fingerprint density at radius 2 is 1.37 bits per heavy atom. The Labute approximate surface area is 168 Å². The van der Waals surface area contributed by atoms with Crippen LogP contribution in [0.2, 0.25) is 0 Å². The summed E-state index contributed by atoms with van der Waals surface area (Å²) in [7, 11) is 0. The van der Waals surface area contributed by atoms with Gasteiger partial charge in [-0.1, -0.05) is 96.7 Å². The van der Waals surface area contributed by atoms with Gasteiger partial charge in [-0.15, -0.1) is 11.3 Å². The lowest BCUT2D eigenvalue weighted by molar-refractivity contribution is 0.953. The zero-order chi connectivity index (χ0) is 18.1. The minimum atomic E-state index is 0.259. The Morgan fingerprint density at radius 3 is 2.07 bits per heavy atom. The first kappa shape index (κ1) is 16.8. The number of benzene rings is 3. The molecular formula is C24H19NS2. The second kappa shape index (κ2) is 7.34. The summed E-state index contributed by atoms with van der Waals surface area (Å²) in [6.45, 7) is 0. The van der Waals surface area contributed by atoms with E-state index in [0.717, 1.165) is 17.2 Å². The van der Waals surface area contributed by atoms with Crippen molar-refractivity contribution in [3.8, 4) is 11.3 Å². The Morgan fingerprint density at radius 1 is 0.741 bits per heavy atom. The number of rotatable bonds is 4. The van der Waals surface area contributed by atoms with Gasteiger partial charge in [-0.05, 0) is 29.5 Å². The first-order valence-electron chi connectivity index (χ1n) is 9.23. The molecule has 0 saturated heterocycles. The molecule has 1 heterocycles. The standard InChI is InChI=1S/C24H19NS2/c1-3-10-18(11-4-1)23(19-12-5-2-6-13-19)27-24-25-22-20-14-8-7-9-17(20)15-16-21(22)26-24/h1-14,23H,15-16H2. The third-order valence-corrected chi connectivity index (χ3v) is 7.52. The maximum atomic E-state index is 5.06. The maximum Gasteiger partial charge on any atom is 0.151 e. The summed E-state index contributed by atoms with van der Waals surface area (Å²) in [4.78, 5) is 6.49. The molecule has 1 nitrogen and oxygen atoms in total. The van der Waals surface area contributed by atoms with Crippen molar-refractivity contribution in [1.82, 2.24) is 4.98 Å². The number of thiazole rings is 1. The molecule has 0 amide bonds. The lowest BCUT2D eigenvalue weighted by Gasteiger charge is -2.16. The predicted octanol–water partition coefficient (Wildman–Crippen LogP) is 6.79. The molecule has 5 rings (SSSR count). The Balaban J connectivity index is 1.53. The molecular weight excluding hydrogens is 366 g/mol. The van der Waals surface area contributed by atoms with E-state index in [2.05, 4.69) is 84.9 Å². The molecule has 1 aliphatic carbocycles. The molecule has 0 bridgehead atoms. The highest BCUT2D eigenvalue weighted by atomic mass is 32.2. The molecule has 3 heteroatoms. The highest BCUT2D eigenvalue weighted by Gasteiger charge is 2.23. The molecule has 0 radical (unpaired) electrons. The molecule has 0 unspecified atom stereocenters. The van der Waals surface area contributed by atoms with Gasteiger partial charge in [0.05, 0.1) is 10.9 Å². The van der Waals surface area contributed by atoms with E-state index < -0.39 is 0 Å². The largest absolute Gasteiger partial charge is 0.229 e. The zero-order valence-corrected chi connectivity index (χ0v) is 16.5. The second-order valence-electron chi connectivity index (χ2n) is 6.73. The van der Waals surface area contributed by atoms with Crippen molar-refractivity contribution in [1.29, 1.82) is 0 Å². The fraction of sp³-hybridized carbons (Fsp3) is 0.125. The molecule has 1 aliphatic rings. The van der Waals surface area contributed by atoms with Gasteiger partial charge in [0, 0.05) is 10.4 Å². The van der Waals surface area contributed by atoms with Gasteiger partial charge in [0.25, 0.3) is 0 Å². The fourth-order valence-electron chi connectivity index (χ4n) is 3.66. The summed E-state index contributed by atoms with van der Waals surface area (Å²) in [5, 5.41) is 0.259. The average molecular weight is 386 g/mol. The fourth-order valence-corrected chi connectivity index (χ4v) is 6.18. The normalized spacial score (nSPS) is 12.6.